The average molecular weight is 362 g/mol. The van der Waals surface area contributed by atoms with E-state index in [2.05, 4.69) is 6.92 Å². The zero-order valence-electron chi connectivity index (χ0n) is 16.4. The Morgan fingerprint density at radius 2 is 2.04 bits per heavy atom. The van der Waals surface area contributed by atoms with Gasteiger partial charge in [0.2, 0.25) is 0 Å². The van der Waals surface area contributed by atoms with E-state index in [9.17, 15) is 14.7 Å². The molecule has 2 bridgehead atoms. The number of Topliss-reactive ketones (excluding diaryl/α,β-unsaturated/α-hetero) is 1. The van der Waals surface area contributed by atoms with Crippen molar-refractivity contribution in [1.29, 1.82) is 0 Å². The van der Waals surface area contributed by atoms with Crippen molar-refractivity contribution < 1.29 is 24.2 Å². The second-order valence-corrected chi connectivity index (χ2v) is 9.54. The molecule has 1 N–H and O–H groups in total. The molecule has 0 aromatic rings. The van der Waals surface area contributed by atoms with Crippen molar-refractivity contribution >= 4 is 11.8 Å². The summed E-state index contributed by atoms with van der Waals surface area (Å²) in [5.41, 5.74) is -1.06. The first-order valence-corrected chi connectivity index (χ1v) is 9.87. The third kappa shape index (κ3) is 1.99. The van der Waals surface area contributed by atoms with Crippen LogP contribution in [0, 0.1) is 35.0 Å². The standard InChI is InChI=1S/C21H30O5/c1-11(2)13-10-21(24)19(4)15-7-6-12(3)8-20(15,26-21)9-14(18(23)25-5)16(19)17(13)22/h9,11-13,15-16,24H,6-8,10H2,1-5H3/t12-,13+,15+,16+,19+,20?,21-/m1/s1. The van der Waals surface area contributed by atoms with Crippen LogP contribution in [0.3, 0.4) is 0 Å². The number of hydrogen-bond donors (Lipinski definition) is 1. The molecule has 5 heteroatoms. The second-order valence-electron chi connectivity index (χ2n) is 9.54. The van der Waals surface area contributed by atoms with Crippen molar-refractivity contribution in [3.8, 4) is 0 Å². The number of rotatable bonds is 2. The number of carbonyl (C=O) groups excluding carboxylic acids is 2. The van der Waals surface area contributed by atoms with Gasteiger partial charge in [0.1, 0.15) is 5.78 Å². The number of aliphatic hydroxyl groups is 1. The predicted molar refractivity (Wildman–Crippen MR) is 94.9 cm³/mol. The second kappa shape index (κ2) is 5.41. The Hall–Kier alpha value is -1.20. The van der Waals surface area contributed by atoms with Crippen LogP contribution in [0.1, 0.15) is 53.4 Å². The minimum Gasteiger partial charge on any atom is -0.466 e. The molecule has 0 spiro atoms. The summed E-state index contributed by atoms with van der Waals surface area (Å²) in [5, 5.41) is 11.7. The maximum atomic E-state index is 13.5. The van der Waals surface area contributed by atoms with Crippen molar-refractivity contribution in [2.45, 2.75) is 64.8 Å². The van der Waals surface area contributed by atoms with Gasteiger partial charge in [-0.15, -0.1) is 0 Å². The molecule has 3 fully saturated rings. The maximum Gasteiger partial charge on any atom is 0.334 e. The smallest absolute Gasteiger partial charge is 0.334 e. The fourth-order valence-corrected chi connectivity index (χ4v) is 6.57. The van der Waals surface area contributed by atoms with E-state index in [0.29, 0.717) is 17.9 Å². The molecule has 3 aliphatic carbocycles. The summed E-state index contributed by atoms with van der Waals surface area (Å²) in [6, 6.07) is 0. The van der Waals surface area contributed by atoms with Gasteiger partial charge in [-0.2, -0.15) is 0 Å². The first-order chi connectivity index (χ1) is 12.1. The molecule has 1 aliphatic heterocycles. The molecule has 0 radical (unpaired) electrons. The number of hydrogen-bond acceptors (Lipinski definition) is 5. The fraction of sp³-hybridized carbons (Fsp3) is 0.810. The van der Waals surface area contributed by atoms with E-state index in [4.69, 9.17) is 9.47 Å². The first kappa shape index (κ1) is 18.2. The van der Waals surface area contributed by atoms with Crippen molar-refractivity contribution in [1.82, 2.24) is 0 Å². The van der Waals surface area contributed by atoms with Gasteiger partial charge >= 0.3 is 5.97 Å². The molecule has 0 aromatic heterocycles. The lowest BCUT2D eigenvalue weighted by atomic mass is 9.46. The Kier molecular flexibility index (Phi) is 3.79. The summed E-state index contributed by atoms with van der Waals surface area (Å²) in [5.74, 6) is -2.20. The zero-order valence-corrected chi connectivity index (χ0v) is 16.4. The first-order valence-electron chi connectivity index (χ1n) is 9.87. The highest BCUT2D eigenvalue weighted by atomic mass is 16.7. The van der Waals surface area contributed by atoms with Crippen LogP contribution in [0.4, 0.5) is 0 Å². The third-order valence-corrected chi connectivity index (χ3v) is 7.81. The molecule has 1 unspecified atom stereocenters. The predicted octanol–water partition coefficient (Wildman–Crippen LogP) is 2.86. The number of carbonyl (C=O) groups is 2. The summed E-state index contributed by atoms with van der Waals surface area (Å²) in [4.78, 5) is 26.1. The van der Waals surface area contributed by atoms with E-state index >= 15 is 0 Å². The lowest BCUT2D eigenvalue weighted by molar-refractivity contribution is -0.272. The average Bonchev–Trinajstić information content (AvgIpc) is 2.72. The Bertz CT molecular complexity index is 697. The molecule has 0 aromatic carbocycles. The van der Waals surface area contributed by atoms with E-state index in [-0.39, 0.29) is 23.5 Å². The molecule has 5 nitrogen and oxygen atoms in total. The van der Waals surface area contributed by atoms with Gasteiger partial charge < -0.3 is 14.6 Å². The van der Waals surface area contributed by atoms with Crippen molar-refractivity contribution in [2.75, 3.05) is 7.11 Å². The molecule has 7 atom stereocenters. The zero-order chi connectivity index (χ0) is 19.1. The van der Waals surface area contributed by atoms with E-state index < -0.39 is 28.7 Å². The van der Waals surface area contributed by atoms with Crippen molar-refractivity contribution in [3.05, 3.63) is 11.6 Å². The Morgan fingerprint density at radius 1 is 1.35 bits per heavy atom. The molecule has 1 heterocycles. The summed E-state index contributed by atoms with van der Waals surface area (Å²) in [7, 11) is 1.35. The van der Waals surface area contributed by atoms with E-state index in [1.54, 1.807) is 0 Å². The topological polar surface area (TPSA) is 72.8 Å². The van der Waals surface area contributed by atoms with Crippen LogP contribution in [0.2, 0.25) is 0 Å². The molecular weight excluding hydrogens is 332 g/mol. The highest BCUT2D eigenvalue weighted by Crippen LogP contribution is 2.71. The minimum absolute atomic E-state index is 0.0478. The molecule has 144 valence electrons. The van der Waals surface area contributed by atoms with Gasteiger partial charge in [0, 0.05) is 29.2 Å². The van der Waals surface area contributed by atoms with Gasteiger partial charge in [0.25, 0.3) is 0 Å². The SMILES string of the molecule is COC(=O)C1=CC23C[C@H](C)CC[C@H]2[C@@]2(C)[C@@H]1C(=O)[C@H](C(C)C)C[C@@]2(O)O3. The summed E-state index contributed by atoms with van der Waals surface area (Å²) < 4.78 is 11.5. The molecule has 2 saturated carbocycles. The normalized spacial score (nSPS) is 49.7. The lowest BCUT2D eigenvalue weighted by Crippen LogP contribution is -2.62. The Labute approximate surface area is 155 Å². The number of ketones is 1. The van der Waals surface area contributed by atoms with Gasteiger partial charge in [0.05, 0.1) is 18.6 Å². The molecule has 1 saturated heterocycles. The fourth-order valence-electron chi connectivity index (χ4n) is 6.57. The molecular formula is C21H30O5. The number of methoxy groups -OCH3 is 1. The van der Waals surface area contributed by atoms with Crippen LogP contribution in [-0.4, -0.2) is 35.4 Å². The summed E-state index contributed by atoms with van der Waals surface area (Å²) >= 11 is 0. The Balaban J connectivity index is 1.95. The van der Waals surface area contributed by atoms with Gasteiger partial charge in [0.15, 0.2) is 5.79 Å². The van der Waals surface area contributed by atoms with Crippen LogP contribution in [0.15, 0.2) is 11.6 Å². The minimum atomic E-state index is -1.39. The highest BCUT2D eigenvalue weighted by Gasteiger charge is 2.77. The van der Waals surface area contributed by atoms with Crippen LogP contribution in [0.25, 0.3) is 0 Å². The highest BCUT2D eigenvalue weighted by molar-refractivity contribution is 6.00. The van der Waals surface area contributed by atoms with Gasteiger partial charge in [-0.25, -0.2) is 4.79 Å². The Morgan fingerprint density at radius 3 is 2.65 bits per heavy atom. The van der Waals surface area contributed by atoms with Gasteiger partial charge in [-0.1, -0.05) is 34.1 Å². The van der Waals surface area contributed by atoms with Crippen molar-refractivity contribution in [3.63, 3.8) is 0 Å². The quantitative estimate of drug-likeness (QED) is 0.765. The molecule has 4 aliphatic rings. The number of ether oxygens (including phenoxy) is 2. The largest absolute Gasteiger partial charge is 0.466 e. The summed E-state index contributed by atoms with van der Waals surface area (Å²) in [6.07, 6.45) is 4.89. The van der Waals surface area contributed by atoms with Crippen LogP contribution in [-0.2, 0) is 19.1 Å². The molecule has 4 rings (SSSR count). The lowest BCUT2D eigenvalue weighted by Gasteiger charge is -2.54. The third-order valence-electron chi connectivity index (χ3n) is 7.81. The van der Waals surface area contributed by atoms with Crippen LogP contribution < -0.4 is 0 Å². The molecule has 0 amide bonds. The maximum absolute atomic E-state index is 13.5. The van der Waals surface area contributed by atoms with Gasteiger partial charge in [-0.3, -0.25) is 4.79 Å². The van der Waals surface area contributed by atoms with E-state index in [1.165, 1.54) is 7.11 Å². The van der Waals surface area contributed by atoms with Gasteiger partial charge in [-0.05, 0) is 30.8 Å². The summed E-state index contributed by atoms with van der Waals surface area (Å²) in [6.45, 7) is 8.13. The van der Waals surface area contributed by atoms with Crippen LogP contribution in [0.5, 0.6) is 0 Å². The molecule has 26 heavy (non-hydrogen) atoms. The van der Waals surface area contributed by atoms with E-state index in [1.807, 2.05) is 26.8 Å². The van der Waals surface area contributed by atoms with E-state index in [0.717, 1.165) is 19.3 Å². The van der Waals surface area contributed by atoms with Crippen molar-refractivity contribution in [2.24, 2.45) is 35.0 Å². The monoisotopic (exact) mass is 362 g/mol. The van der Waals surface area contributed by atoms with Crippen LogP contribution >= 0.6 is 0 Å². The number of esters is 1.